The average Bonchev–Trinajstić information content (AvgIpc) is 3.24. The Hall–Kier alpha value is -1.29. The monoisotopic (exact) mass is 875 g/mol. The Balaban J connectivity index is 4.15. The Morgan fingerprint density at radius 2 is 0.817 bits per heavy atom. The standard InChI is InChI=1S/C49H95O10P/c1-3-5-7-9-11-13-15-17-19-21-22-23-25-27-29-31-33-35-37-39-41-49(53)59-47(45-58-60(54,55)57-43-46(51)42-50)44-56-48(52)40-38-36-34-32-30-28-26-24-20-18-16-14-12-10-8-6-4-2/h14,16,46-47,50-51H,3-13,15,17-45H2,1-2H3,(H,54,55)/b16-14+/t46-,47+/m0/s1. The van der Waals surface area contributed by atoms with Gasteiger partial charge in [0.1, 0.15) is 12.7 Å². The summed E-state index contributed by atoms with van der Waals surface area (Å²) in [5.74, 6) is -0.911. The first kappa shape index (κ1) is 58.7. The van der Waals surface area contributed by atoms with Crippen molar-refractivity contribution >= 4 is 19.8 Å². The van der Waals surface area contributed by atoms with Crippen molar-refractivity contribution in [2.24, 2.45) is 0 Å². The Labute approximate surface area is 368 Å². The van der Waals surface area contributed by atoms with Crippen molar-refractivity contribution in [2.45, 2.75) is 264 Å². The summed E-state index contributed by atoms with van der Waals surface area (Å²) in [6.45, 7) is 2.42. The number of aliphatic hydroxyl groups is 2. The van der Waals surface area contributed by atoms with Gasteiger partial charge in [0.05, 0.1) is 19.8 Å². The molecular weight excluding hydrogens is 780 g/mol. The van der Waals surface area contributed by atoms with Gasteiger partial charge in [-0.15, -0.1) is 0 Å². The summed E-state index contributed by atoms with van der Waals surface area (Å²) in [6.07, 6.45) is 46.0. The molecule has 0 saturated heterocycles. The van der Waals surface area contributed by atoms with Crippen molar-refractivity contribution < 1.29 is 47.8 Å². The summed E-state index contributed by atoms with van der Waals surface area (Å²) in [5, 5.41) is 18.4. The van der Waals surface area contributed by atoms with Gasteiger partial charge in [-0.05, 0) is 38.5 Å². The van der Waals surface area contributed by atoms with Gasteiger partial charge in [0.2, 0.25) is 0 Å². The van der Waals surface area contributed by atoms with Crippen LogP contribution in [0.5, 0.6) is 0 Å². The molecule has 0 aliphatic heterocycles. The van der Waals surface area contributed by atoms with Gasteiger partial charge in [0.25, 0.3) is 0 Å². The molecule has 0 heterocycles. The second-order valence-electron chi connectivity index (χ2n) is 17.2. The minimum absolute atomic E-state index is 0.190. The van der Waals surface area contributed by atoms with Gasteiger partial charge in [-0.1, -0.05) is 212 Å². The molecule has 356 valence electrons. The fraction of sp³-hybridized carbons (Fsp3) is 0.918. The fourth-order valence-electron chi connectivity index (χ4n) is 7.28. The number of hydrogen-bond acceptors (Lipinski definition) is 9. The van der Waals surface area contributed by atoms with E-state index in [0.29, 0.717) is 12.8 Å². The van der Waals surface area contributed by atoms with Crippen LogP contribution in [0.25, 0.3) is 0 Å². The number of allylic oxidation sites excluding steroid dienone is 2. The molecular formula is C49H95O10P. The van der Waals surface area contributed by atoms with Gasteiger partial charge >= 0.3 is 19.8 Å². The van der Waals surface area contributed by atoms with E-state index in [0.717, 1.165) is 38.5 Å². The first-order chi connectivity index (χ1) is 29.2. The van der Waals surface area contributed by atoms with E-state index in [1.165, 1.54) is 173 Å². The number of phosphoric acid groups is 1. The number of esters is 2. The van der Waals surface area contributed by atoms with E-state index in [9.17, 15) is 24.2 Å². The summed E-state index contributed by atoms with van der Waals surface area (Å²) >= 11 is 0. The normalized spacial score (nSPS) is 13.8. The number of aliphatic hydroxyl groups excluding tert-OH is 2. The Bertz CT molecular complexity index is 1010. The van der Waals surface area contributed by atoms with Gasteiger partial charge in [-0.25, -0.2) is 4.57 Å². The lowest BCUT2D eigenvalue weighted by molar-refractivity contribution is -0.161. The van der Waals surface area contributed by atoms with Crippen LogP contribution in [0.1, 0.15) is 251 Å². The Kier molecular flexibility index (Phi) is 44.7. The van der Waals surface area contributed by atoms with Crippen LogP contribution < -0.4 is 0 Å². The van der Waals surface area contributed by atoms with Crippen molar-refractivity contribution in [2.75, 3.05) is 26.4 Å². The van der Waals surface area contributed by atoms with Crippen molar-refractivity contribution in [1.29, 1.82) is 0 Å². The zero-order valence-corrected chi connectivity index (χ0v) is 39.8. The van der Waals surface area contributed by atoms with Crippen LogP contribution in [0, 0.1) is 0 Å². The maximum absolute atomic E-state index is 12.7. The molecule has 1 unspecified atom stereocenters. The highest BCUT2D eigenvalue weighted by molar-refractivity contribution is 7.47. The van der Waals surface area contributed by atoms with E-state index in [1.54, 1.807) is 0 Å². The zero-order valence-electron chi connectivity index (χ0n) is 38.9. The van der Waals surface area contributed by atoms with Crippen molar-refractivity contribution in [3.05, 3.63) is 12.2 Å². The first-order valence-corrected chi connectivity index (χ1v) is 26.6. The molecule has 0 aliphatic rings. The van der Waals surface area contributed by atoms with Crippen molar-refractivity contribution in [1.82, 2.24) is 0 Å². The van der Waals surface area contributed by atoms with Crippen LogP contribution >= 0.6 is 7.82 Å². The number of carbonyl (C=O) groups excluding carboxylic acids is 2. The Morgan fingerprint density at radius 3 is 1.22 bits per heavy atom. The maximum Gasteiger partial charge on any atom is 0.472 e. The number of phosphoric ester groups is 1. The molecule has 0 radical (unpaired) electrons. The molecule has 3 N–H and O–H groups in total. The number of ether oxygens (including phenoxy) is 2. The first-order valence-electron chi connectivity index (χ1n) is 25.1. The molecule has 0 aromatic rings. The SMILES string of the molecule is CCCCCC/C=C/CCCCCCCCCCCC(=O)OC[C@H](COP(=O)(O)OC[C@@H](O)CO)OC(=O)CCCCCCCCCCCCCCCCCCCCCC. The molecule has 0 amide bonds. The third-order valence-electron chi connectivity index (χ3n) is 11.2. The van der Waals surface area contributed by atoms with Crippen LogP contribution in [0.15, 0.2) is 12.2 Å². The van der Waals surface area contributed by atoms with E-state index in [4.69, 9.17) is 23.6 Å². The van der Waals surface area contributed by atoms with Crippen LogP contribution in [0.3, 0.4) is 0 Å². The van der Waals surface area contributed by atoms with Gasteiger partial charge in [0.15, 0.2) is 6.10 Å². The van der Waals surface area contributed by atoms with E-state index in [1.807, 2.05) is 0 Å². The predicted octanol–water partition coefficient (Wildman–Crippen LogP) is 14.0. The van der Waals surface area contributed by atoms with E-state index in [-0.39, 0.29) is 19.4 Å². The summed E-state index contributed by atoms with van der Waals surface area (Å²) in [6, 6.07) is 0. The van der Waals surface area contributed by atoms with Crippen molar-refractivity contribution in [3.63, 3.8) is 0 Å². The minimum Gasteiger partial charge on any atom is -0.462 e. The van der Waals surface area contributed by atoms with Crippen LogP contribution in [-0.4, -0.2) is 65.7 Å². The summed E-state index contributed by atoms with van der Waals surface area (Å²) < 4.78 is 32.9. The minimum atomic E-state index is -4.62. The molecule has 0 aromatic heterocycles. The zero-order chi connectivity index (χ0) is 44.0. The Morgan fingerprint density at radius 1 is 0.483 bits per heavy atom. The molecule has 0 aliphatic carbocycles. The largest absolute Gasteiger partial charge is 0.472 e. The smallest absolute Gasteiger partial charge is 0.462 e. The quantitative estimate of drug-likeness (QED) is 0.0233. The molecule has 0 fully saturated rings. The average molecular weight is 875 g/mol. The summed E-state index contributed by atoms with van der Waals surface area (Å²) in [4.78, 5) is 35.1. The molecule has 0 aromatic carbocycles. The van der Waals surface area contributed by atoms with Gasteiger partial charge < -0.3 is 24.6 Å². The molecule has 0 saturated carbocycles. The van der Waals surface area contributed by atoms with Gasteiger partial charge in [0, 0.05) is 12.8 Å². The van der Waals surface area contributed by atoms with Gasteiger partial charge in [-0.2, -0.15) is 0 Å². The van der Waals surface area contributed by atoms with Crippen LogP contribution in [-0.2, 0) is 32.7 Å². The maximum atomic E-state index is 12.7. The van der Waals surface area contributed by atoms with Gasteiger partial charge in [-0.3, -0.25) is 18.6 Å². The summed E-state index contributed by atoms with van der Waals surface area (Å²) in [5.41, 5.74) is 0. The number of carbonyl (C=O) groups is 2. The van der Waals surface area contributed by atoms with E-state index < -0.39 is 51.8 Å². The highest BCUT2D eigenvalue weighted by atomic mass is 31.2. The van der Waals surface area contributed by atoms with Crippen molar-refractivity contribution in [3.8, 4) is 0 Å². The molecule has 0 bridgehead atoms. The summed E-state index contributed by atoms with van der Waals surface area (Å²) in [7, 11) is -4.62. The number of unbranched alkanes of at least 4 members (excludes halogenated alkanes) is 32. The molecule has 10 nitrogen and oxygen atoms in total. The fourth-order valence-corrected chi connectivity index (χ4v) is 8.07. The lowest BCUT2D eigenvalue weighted by atomic mass is 10.0. The second kappa shape index (κ2) is 45.7. The molecule has 60 heavy (non-hydrogen) atoms. The molecule has 0 spiro atoms. The highest BCUT2D eigenvalue weighted by Crippen LogP contribution is 2.43. The lowest BCUT2D eigenvalue weighted by Gasteiger charge is -2.20. The topological polar surface area (TPSA) is 149 Å². The lowest BCUT2D eigenvalue weighted by Crippen LogP contribution is -2.29. The number of rotatable bonds is 48. The second-order valence-corrected chi connectivity index (χ2v) is 18.7. The molecule has 0 rings (SSSR count). The third kappa shape index (κ3) is 44.8. The van der Waals surface area contributed by atoms with Crippen LogP contribution in [0.4, 0.5) is 0 Å². The van der Waals surface area contributed by atoms with E-state index in [2.05, 4.69) is 26.0 Å². The number of hydrogen-bond donors (Lipinski definition) is 3. The predicted molar refractivity (Wildman–Crippen MR) is 247 cm³/mol. The highest BCUT2D eigenvalue weighted by Gasteiger charge is 2.27. The third-order valence-corrected chi connectivity index (χ3v) is 12.1. The molecule has 11 heteroatoms. The van der Waals surface area contributed by atoms with E-state index >= 15 is 0 Å². The molecule has 3 atom stereocenters. The van der Waals surface area contributed by atoms with Crippen LogP contribution in [0.2, 0.25) is 0 Å².